The Balaban J connectivity index is 0. The molecular formula is H4MgMnNdSnZn. The van der Waals surface area contributed by atoms with Gasteiger partial charge in [0.25, 0.3) is 0 Å². The summed E-state index contributed by atoms with van der Waals surface area (Å²) in [5.41, 5.74) is 0. The molecule has 0 saturated carbocycles. The summed E-state index contributed by atoms with van der Waals surface area (Å²) in [6, 6.07) is 0. The van der Waals surface area contributed by atoms with E-state index in [1.807, 2.05) is 0 Å². The van der Waals surface area contributed by atoms with Gasteiger partial charge in [0.05, 0.1) is 0 Å². The average molecular weight is 412 g/mol. The average Bonchev–Trinajstić information content (AvgIpc) is 0. The minimum atomic E-state index is 0. The molecule has 0 nitrogen and oxygen atoms in total. The van der Waals surface area contributed by atoms with Crippen molar-refractivity contribution in [2.24, 2.45) is 0 Å². The standard InChI is InChI=1S/Mg.Mn.Nd.Sn.Zn.4H/q+2;;;;;;;2*-1. The molecule has 5 heavy (non-hydrogen) atoms. The Morgan fingerprint density at radius 3 is 1.20 bits per heavy atom. The molecule has 0 saturated heterocycles. The molecule has 0 aliphatic rings. The van der Waals surface area contributed by atoms with Crippen LogP contribution < -0.4 is 0 Å². The topological polar surface area (TPSA) is 0 Å². The van der Waals surface area contributed by atoms with Crippen molar-refractivity contribution >= 4 is 47.0 Å². The van der Waals surface area contributed by atoms with Gasteiger partial charge < -0.3 is 2.85 Å². The van der Waals surface area contributed by atoms with Crippen LogP contribution in [0.15, 0.2) is 0 Å². The van der Waals surface area contributed by atoms with Crippen molar-refractivity contribution in [1.29, 1.82) is 0 Å². The molecule has 23 valence electrons. The van der Waals surface area contributed by atoms with Crippen LogP contribution in [0.1, 0.15) is 2.85 Å². The zero-order valence-electron chi connectivity index (χ0n) is 5.00. The normalized spacial score (nSPS) is 0. The first-order valence-electron chi connectivity index (χ1n) is 0. The van der Waals surface area contributed by atoms with Gasteiger partial charge in [0, 0.05) is 77.4 Å². The minimum absolute atomic E-state index is 0. The van der Waals surface area contributed by atoms with Crippen LogP contribution in [0.4, 0.5) is 0 Å². The fourth-order valence-electron chi connectivity index (χ4n) is 0. The van der Waals surface area contributed by atoms with E-state index >= 15 is 0 Å². The molecule has 0 atom stereocenters. The summed E-state index contributed by atoms with van der Waals surface area (Å²) in [5.74, 6) is 0. The molecule has 0 aliphatic carbocycles. The molecule has 0 fully saturated rings. The van der Waals surface area contributed by atoms with Crippen LogP contribution in [-0.2, 0) is 36.5 Å². The molecule has 5 heteroatoms. The third-order valence-corrected chi connectivity index (χ3v) is 0. The van der Waals surface area contributed by atoms with Crippen LogP contribution in [0.5, 0.6) is 0 Å². The van der Waals surface area contributed by atoms with E-state index in [1.165, 1.54) is 0 Å². The summed E-state index contributed by atoms with van der Waals surface area (Å²) in [4.78, 5) is 0. The zero-order chi connectivity index (χ0) is 0. The van der Waals surface area contributed by atoms with Crippen LogP contribution in [0.2, 0.25) is 0 Å². The molecule has 0 aromatic rings. The monoisotopic (exact) mass is 409 g/mol. The van der Waals surface area contributed by atoms with Gasteiger partial charge in [-0.15, -0.1) is 0 Å². The fourth-order valence-corrected chi connectivity index (χ4v) is 0. The second kappa shape index (κ2) is 24.4. The molecule has 0 aromatic carbocycles. The van der Waals surface area contributed by atoms with E-state index in [1.54, 1.807) is 0 Å². The van der Waals surface area contributed by atoms with Crippen LogP contribution in [0, 0.1) is 40.8 Å². The predicted octanol–water partition coefficient (Wildman–Crippen LogP) is -1.08. The number of rotatable bonds is 0. The summed E-state index contributed by atoms with van der Waals surface area (Å²) < 4.78 is 0. The first-order valence-corrected chi connectivity index (χ1v) is 0. The van der Waals surface area contributed by atoms with Gasteiger partial charge in [0.1, 0.15) is 0 Å². The Labute approximate surface area is 124 Å². The van der Waals surface area contributed by atoms with Crippen molar-refractivity contribution in [3.05, 3.63) is 0 Å². The second-order valence-corrected chi connectivity index (χ2v) is 0. The van der Waals surface area contributed by atoms with Crippen molar-refractivity contribution in [1.82, 2.24) is 0 Å². The predicted molar refractivity (Wildman–Crippen MR) is 16.5 cm³/mol. The second-order valence-electron chi connectivity index (χ2n) is 0. The zero-order valence-corrected chi connectivity index (χ0v) is 15.8. The van der Waals surface area contributed by atoms with Gasteiger partial charge in [-0.25, -0.2) is 0 Å². The van der Waals surface area contributed by atoms with E-state index in [9.17, 15) is 0 Å². The summed E-state index contributed by atoms with van der Waals surface area (Å²) in [6.45, 7) is 0. The third-order valence-electron chi connectivity index (χ3n) is 0. The van der Waals surface area contributed by atoms with Gasteiger partial charge in [-0.05, 0) is 0 Å². The summed E-state index contributed by atoms with van der Waals surface area (Å²) in [6.07, 6.45) is 0. The van der Waals surface area contributed by atoms with Gasteiger partial charge in [0.2, 0.25) is 0 Å². The van der Waals surface area contributed by atoms with Crippen molar-refractivity contribution in [2.75, 3.05) is 0 Å². The van der Waals surface area contributed by atoms with Crippen molar-refractivity contribution in [3.8, 4) is 0 Å². The Kier molecular flexibility index (Phi) is 174. The summed E-state index contributed by atoms with van der Waals surface area (Å²) in [7, 11) is 0. The molecular weight excluding hydrogens is 408 g/mol. The van der Waals surface area contributed by atoms with Crippen LogP contribution in [0.25, 0.3) is 0 Å². The first kappa shape index (κ1) is 35.7. The smallest absolute Gasteiger partial charge is 0 e. The fraction of sp³-hybridized carbons (Fsp3) is 0. The molecule has 0 N–H and O–H groups in total. The van der Waals surface area contributed by atoms with Gasteiger partial charge in [-0.2, -0.15) is 0 Å². The van der Waals surface area contributed by atoms with E-state index in [0.29, 0.717) is 0 Å². The number of hydrogen-bond donors (Lipinski definition) is 0. The molecule has 0 spiro atoms. The Morgan fingerprint density at radius 2 is 1.20 bits per heavy atom. The van der Waals surface area contributed by atoms with Crippen molar-refractivity contribution < 1.29 is 80.2 Å². The Morgan fingerprint density at radius 1 is 1.20 bits per heavy atom. The Bertz CT molecular complexity index is 17.7. The van der Waals surface area contributed by atoms with Gasteiger partial charge in [-0.1, -0.05) is 0 Å². The molecule has 3 radical (unpaired) electrons. The summed E-state index contributed by atoms with van der Waals surface area (Å²) >= 11 is 0. The van der Waals surface area contributed by atoms with E-state index in [-0.39, 0.29) is 127 Å². The van der Waals surface area contributed by atoms with Crippen LogP contribution in [-0.4, -0.2) is 47.0 Å². The van der Waals surface area contributed by atoms with Crippen molar-refractivity contribution in [3.63, 3.8) is 0 Å². The van der Waals surface area contributed by atoms with E-state index in [4.69, 9.17) is 0 Å². The number of hydrogen-bond acceptors (Lipinski definition) is 0. The maximum atomic E-state index is 0. The van der Waals surface area contributed by atoms with E-state index in [2.05, 4.69) is 0 Å². The molecule has 0 rings (SSSR count). The molecule has 0 heterocycles. The van der Waals surface area contributed by atoms with Gasteiger partial charge in [-0.3, -0.25) is 0 Å². The molecule has 0 aliphatic heterocycles. The minimum Gasteiger partial charge on any atom is 0 e. The molecule has 0 aromatic heterocycles. The maximum Gasteiger partial charge on any atom is 0 e. The van der Waals surface area contributed by atoms with Gasteiger partial charge >= 0.3 is 47.0 Å². The SMILES string of the molecule is [H-].[H-].[Mg+2].[Mn].[Nd].[SnH2].[Zn]. The first-order chi connectivity index (χ1) is 0. The van der Waals surface area contributed by atoms with E-state index < -0.39 is 0 Å². The maximum absolute atomic E-state index is 0. The third kappa shape index (κ3) is 18.0. The summed E-state index contributed by atoms with van der Waals surface area (Å²) in [5, 5.41) is 0. The van der Waals surface area contributed by atoms with Crippen LogP contribution in [0.3, 0.4) is 0 Å². The van der Waals surface area contributed by atoms with E-state index in [0.717, 1.165) is 0 Å². The van der Waals surface area contributed by atoms with Crippen molar-refractivity contribution in [2.45, 2.75) is 0 Å². The molecule has 0 unspecified atom stereocenters. The molecule has 0 bridgehead atoms. The largest absolute Gasteiger partial charge is 0 e. The Hall–Kier alpha value is 4.06. The quantitative estimate of drug-likeness (QED) is 0.445. The van der Waals surface area contributed by atoms with Gasteiger partial charge in [0.15, 0.2) is 0 Å². The van der Waals surface area contributed by atoms with Crippen LogP contribution >= 0.6 is 0 Å². The molecule has 0 amide bonds.